The molecule has 1 atom stereocenters. The number of anilines is 1. The number of fused-ring (bicyclic) bond motifs is 1. The third kappa shape index (κ3) is 11.4. The Morgan fingerprint density at radius 1 is 0.889 bits per heavy atom. The van der Waals surface area contributed by atoms with Gasteiger partial charge in [-0.3, -0.25) is 44.1 Å². The van der Waals surface area contributed by atoms with Gasteiger partial charge in [0.25, 0.3) is 11.8 Å². The van der Waals surface area contributed by atoms with Crippen molar-refractivity contribution in [1.82, 2.24) is 40.2 Å². The molecular formula is C49H59N9O5. The van der Waals surface area contributed by atoms with Crippen LogP contribution < -0.4 is 15.5 Å². The van der Waals surface area contributed by atoms with E-state index in [1.54, 1.807) is 41.7 Å². The average Bonchev–Trinajstić information content (AvgIpc) is 3.64. The Hall–Kier alpha value is -5.91. The van der Waals surface area contributed by atoms with E-state index in [1.807, 2.05) is 41.3 Å². The van der Waals surface area contributed by atoms with E-state index in [0.717, 1.165) is 133 Å². The van der Waals surface area contributed by atoms with Crippen molar-refractivity contribution in [1.29, 1.82) is 0 Å². The van der Waals surface area contributed by atoms with E-state index in [-0.39, 0.29) is 30.0 Å². The lowest BCUT2D eigenvalue weighted by molar-refractivity contribution is -0.137. The first kappa shape index (κ1) is 43.7. The van der Waals surface area contributed by atoms with E-state index in [1.165, 1.54) is 0 Å². The molecule has 3 aromatic rings. The second kappa shape index (κ2) is 21.0. The number of hydrogen-bond acceptors (Lipinski definition) is 10. The molecule has 0 aliphatic carbocycles. The number of nitrogens with zero attached hydrogens (tertiary/aromatic N) is 7. The molecule has 5 aliphatic rings. The van der Waals surface area contributed by atoms with Crippen molar-refractivity contribution in [2.24, 2.45) is 5.92 Å². The molecule has 4 saturated heterocycles. The summed E-state index contributed by atoms with van der Waals surface area (Å²) in [6, 6.07) is 13.3. The third-order valence-electron chi connectivity index (χ3n) is 13.4. The minimum atomic E-state index is -0.614. The molecule has 0 bridgehead atoms. The third-order valence-corrected chi connectivity index (χ3v) is 13.4. The smallest absolute Gasteiger partial charge is 0.255 e. The first-order valence-corrected chi connectivity index (χ1v) is 22.9. The van der Waals surface area contributed by atoms with E-state index < -0.39 is 11.9 Å². The molecule has 14 heteroatoms. The van der Waals surface area contributed by atoms with Crippen LogP contribution in [0.25, 0.3) is 6.08 Å². The van der Waals surface area contributed by atoms with Gasteiger partial charge in [-0.1, -0.05) is 30.7 Å². The lowest BCUT2D eigenvalue weighted by Crippen LogP contribution is -2.53. The van der Waals surface area contributed by atoms with Crippen LogP contribution in [-0.4, -0.2) is 137 Å². The van der Waals surface area contributed by atoms with Gasteiger partial charge < -0.3 is 20.0 Å². The Morgan fingerprint density at radius 3 is 2.46 bits per heavy atom. The van der Waals surface area contributed by atoms with Gasteiger partial charge >= 0.3 is 0 Å². The van der Waals surface area contributed by atoms with Crippen LogP contribution >= 0.6 is 0 Å². The SMILES string of the molecule is O=C(/C=C/c1cccnc1)NCCCCC1CCN(C(=O)c2ccc(N3CCC(N4CCN(CCC#Cc5ccc6c(c5)CN(C5CCC(=O)NC5=O)C6=O)CC4)CC3)nc2)CC1. The van der Waals surface area contributed by atoms with Crippen molar-refractivity contribution in [3.05, 3.63) is 94.9 Å². The molecule has 0 spiro atoms. The number of rotatable bonds is 13. The summed E-state index contributed by atoms with van der Waals surface area (Å²) in [7, 11) is 0. The standard InChI is InChI=1S/C49H59N9O5/c59-45(15-10-38-8-5-21-50-33-38)51-22-3-1-6-36-17-24-57(25-18-36)48(62)39-11-14-44(52-34-39)56-26-19-41(20-27-56)55-30-28-54(29-31-55)23-4-2-7-37-9-12-42-40(32-37)35-58(49(42)63)43-13-16-46(60)53-47(43)61/h5,8-12,14-15,21,32-34,36,41,43H,1,3-4,6,13,16-20,22-31,35H2,(H,51,59)(H,53,60,61)/b15-10+. The van der Waals surface area contributed by atoms with Crippen molar-refractivity contribution in [2.45, 2.75) is 82.8 Å². The number of pyridine rings is 2. The fourth-order valence-electron chi connectivity index (χ4n) is 9.62. The Labute approximate surface area is 370 Å². The Kier molecular flexibility index (Phi) is 14.6. The quantitative estimate of drug-likeness (QED) is 0.111. The predicted molar refractivity (Wildman–Crippen MR) is 240 cm³/mol. The number of aromatic nitrogens is 2. The minimum Gasteiger partial charge on any atom is -0.357 e. The van der Waals surface area contributed by atoms with Crippen molar-refractivity contribution >= 4 is 41.4 Å². The number of likely N-dealkylation sites (tertiary alicyclic amines) is 1. The van der Waals surface area contributed by atoms with Gasteiger partial charge in [0.2, 0.25) is 17.7 Å². The zero-order valence-corrected chi connectivity index (χ0v) is 36.2. The monoisotopic (exact) mass is 853 g/mol. The largest absolute Gasteiger partial charge is 0.357 e. The number of carbonyl (C=O) groups is 5. The van der Waals surface area contributed by atoms with E-state index in [9.17, 15) is 24.0 Å². The van der Waals surface area contributed by atoms with E-state index in [0.29, 0.717) is 42.6 Å². The summed E-state index contributed by atoms with van der Waals surface area (Å²) in [6.45, 7) is 9.56. The number of unbranched alkanes of at least 4 members (excludes halogenated alkanes) is 1. The number of nitrogens with one attached hydrogen (secondary N) is 2. The number of benzene rings is 1. The zero-order chi connectivity index (χ0) is 43.5. The van der Waals surface area contributed by atoms with Crippen LogP contribution in [0.2, 0.25) is 0 Å². The molecule has 0 radical (unpaired) electrons. The van der Waals surface area contributed by atoms with Gasteiger partial charge in [0.05, 0.1) is 5.56 Å². The number of carbonyl (C=O) groups excluding carboxylic acids is 5. The molecule has 63 heavy (non-hydrogen) atoms. The van der Waals surface area contributed by atoms with E-state index >= 15 is 0 Å². The first-order valence-electron chi connectivity index (χ1n) is 22.9. The molecule has 0 saturated carbocycles. The molecule has 7 heterocycles. The second-order valence-electron chi connectivity index (χ2n) is 17.5. The molecule has 5 aliphatic heterocycles. The lowest BCUT2D eigenvalue weighted by atomic mass is 9.91. The number of piperazine rings is 1. The summed E-state index contributed by atoms with van der Waals surface area (Å²) >= 11 is 0. The van der Waals surface area contributed by atoms with Gasteiger partial charge in [-0.05, 0) is 98.0 Å². The number of amides is 5. The molecule has 8 rings (SSSR count). The maximum Gasteiger partial charge on any atom is 0.255 e. The molecular weight excluding hydrogens is 795 g/mol. The van der Waals surface area contributed by atoms with Gasteiger partial charge in [-0.25, -0.2) is 4.98 Å². The average molecular weight is 854 g/mol. The normalized spacial score (nSPS) is 20.4. The summed E-state index contributed by atoms with van der Waals surface area (Å²) in [4.78, 5) is 82.2. The van der Waals surface area contributed by atoms with Gasteiger partial charge in [0.15, 0.2) is 0 Å². The molecule has 1 unspecified atom stereocenters. The van der Waals surface area contributed by atoms with Crippen molar-refractivity contribution in [3.63, 3.8) is 0 Å². The van der Waals surface area contributed by atoms with Crippen LogP contribution in [0.15, 0.2) is 67.1 Å². The second-order valence-corrected chi connectivity index (χ2v) is 17.5. The summed E-state index contributed by atoms with van der Waals surface area (Å²) in [5.74, 6) is 7.29. The van der Waals surface area contributed by atoms with E-state index in [2.05, 4.69) is 42.2 Å². The molecule has 2 aromatic heterocycles. The van der Waals surface area contributed by atoms with E-state index in [4.69, 9.17) is 4.98 Å². The Morgan fingerprint density at radius 2 is 1.71 bits per heavy atom. The number of imide groups is 1. The molecule has 1 aromatic carbocycles. The molecule has 4 fully saturated rings. The number of hydrogen-bond donors (Lipinski definition) is 2. The molecule has 330 valence electrons. The van der Waals surface area contributed by atoms with Crippen LogP contribution in [0.1, 0.15) is 102 Å². The topological polar surface area (TPSA) is 151 Å². The van der Waals surface area contributed by atoms with Gasteiger partial charge in [0, 0.05) is 127 Å². The fourth-order valence-corrected chi connectivity index (χ4v) is 9.62. The summed E-state index contributed by atoms with van der Waals surface area (Å²) in [6.07, 6.45) is 17.2. The fraction of sp³-hybridized carbons (Fsp3) is 0.490. The highest BCUT2D eigenvalue weighted by molar-refractivity contribution is 6.05. The van der Waals surface area contributed by atoms with Gasteiger partial charge in [-0.2, -0.15) is 0 Å². The predicted octanol–water partition coefficient (Wildman–Crippen LogP) is 4.12. The molecule has 14 nitrogen and oxygen atoms in total. The number of piperidine rings is 3. The maximum atomic E-state index is 13.4. The van der Waals surface area contributed by atoms with Crippen LogP contribution in [0.4, 0.5) is 5.82 Å². The highest BCUT2D eigenvalue weighted by atomic mass is 16.2. The Bertz CT molecular complexity index is 2200. The molecule has 5 amide bonds. The summed E-state index contributed by atoms with van der Waals surface area (Å²) < 4.78 is 0. The highest BCUT2D eigenvalue weighted by Crippen LogP contribution is 2.29. The van der Waals surface area contributed by atoms with Crippen LogP contribution in [-0.2, 0) is 20.9 Å². The van der Waals surface area contributed by atoms with Crippen LogP contribution in [0.5, 0.6) is 0 Å². The maximum absolute atomic E-state index is 13.4. The summed E-state index contributed by atoms with van der Waals surface area (Å²) in [5.41, 5.74) is 3.90. The van der Waals surface area contributed by atoms with Crippen molar-refractivity contribution in [3.8, 4) is 11.8 Å². The van der Waals surface area contributed by atoms with Gasteiger partial charge in [-0.15, -0.1) is 0 Å². The highest BCUT2D eigenvalue weighted by Gasteiger charge is 2.39. The Balaban J connectivity index is 0.686. The first-order chi connectivity index (χ1) is 30.8. The van der Waals surface area contributed by atoms with Crippen molar-refractivity contribution < 1.29 is 24.0 Å². The van der Waals surface area contributed by atoms with Crippen LogP contribution in [0, 0.1) is 17.8 Å². The molecule has 2 N–H and O–H groups in total. The van der Waals surface area contributed by atoms with Crippen LogP contribution in [0.3, 0.4) is 0 Å². The lowest BCUT2D eigenvalue weighted by Gasteiger charge is -2.43. The zero-order valence-electron chi connectivity index (χ0n) is 36.2. The van der Waals surface area contributed by atoms with Crippen molar-refractivity contribution in [2.75, 3.05) is 70.3 Å². The van der Waals surface area contributed by atoms with Gasteiger partial charge in [0.1, 0.15) is 11.9 Å². The summed E-state index contributed by atoms with van der Waals surface area (Å²) in [5, 5.41) is 5.32. The minimum absolute atomic E-state index is 0.0684.